The van der Waals surface area contributed by atoms with E-state index in [9.17, 15) is 9.90 Å². The summed E-state index contributed by atoms with van der Waals surface area (Å²) >= 11 is 0. The molecule has 4 nitrogen and oxygen atoms in total. The van der Waals surface area contributed by atoms with Crippen LogP contribution in [0.15, 0.2) is 24.3 Å². The predicted molar refractivity (Wildman–Crippen MR) is 82.2 cm³/mol. The molecule has 1 heterocycles. The number of rotatable bonds is 4. The zero-order chi connectivity index (χ0) is 14.8. The molecular weight excluding hydrogens is 264 g/mol. The second kappa shape index (κ2) is 6.16. The monoisotopic (exact) mass is 288 g/mol. The minimum Gasteiger partial charge on any atom is -0.388 e. The smallest absolute Gasteiger partial charge is 0.253 e. The van der Waals surface area contributed by atoms with Gasteiger partial charge in [0.15, 0.2) is 0 Å². The van der Waals surface area contributed by atoms with Gasteiger partial charge in [-0.05, 0) is 37.0 Å². The highest BCUT2D eigenvalue weighted by Crippen LogP contribution is 2.27. The van der Waals surface area contributed by atoms with E-state index in [1.54, 1.807) is 0 Å². The highest BCUT2D eigenvalue weighted by atomic mass is 16.3. The molecule has 21 heavy (non-hydrogen) atoms. The van der Waals surface area contributed by atoms with Crippen molar-refractivity contribution in [2.45, 2.75) is 38.3 Å². The van der Waals surface area contributed by atoms with E-state index in [-0.39, 0.29) is 5.91 Å². The highest BCUT2D eigenvalue weighted by Gasteiger charge is 2.32. The van der Waals surface area contributed by atoms with Gasteiger partial charge in [0.1, 0.15) is 0 Å². The lowest BCUT2D eigenvalue weighted by Crippen LogP contribution is -2.49. The number of piperazine rings is 1. The number of nitrogens with zero attached hydrogens (tertiary/aromatic N) is 2. The Kier molecular flexibility index (Phi) is 4.27. The largest absolute Gasteiger partial charge is 0.388 e. The summed E-state index contributed by atoms with van der Waals surface area (Å²) in [4.78, 5) is 16.9. The van der Waals surface area contributed by atoms with Gasteiger partial charge in [0.05, 0.1) is 6.10 Å². The lowest BCUT2D eigenvalue weighted by molar-refractivity contribution is 0.0627. The van der Waals surface area contributed by atoms with Gasteiger partial charge < -0.3 is 10.0 Å². The summed E-state index contributed by atoms with van der Waals surface area (Å²) in [6.07, 6.45) is 2.91. The molecule has 0 bridgehead atoms. The molecule has 1 saturated carbocycles. The Hall–Kier alpha value is -1.39. The Bertz CT molecular complexity index is 488. The molecule has 1 atom stereocenters. The first-order valence-electron chi connectivity index (χ1n) is 8.00. The predicted octanol–water partition coefficient (Wildman–Crippen LogP) is 2.05. The molecule has 1 unspecified atom stereocenters. The van der Waals surface area contributed by atoms with E-state index in [1.807, 2.05) is 36.1 Å². The Morgan fingerprint density at radius 1 is 1.19 bits per heavy atom. The van der Waals surface area contributed by atoms with E-state index >= 15 is 0 Å². The Balaban J connectivity index is 1.59. The molecule has 1 aromatic carbocycles. The maximum absolute atomic E-state index is 12.5. The van der Waals surface area contributed by atoms with Crippen molar-refractivity contribution in [3.8, 4) is 0 Å². The molecule has 2 aliphatic rings. The number of benzene rings is 1. The number of carbonyl (C=O) groups is 1. The van der Waals surface area contributed by atoms with E-state index in [2.05, 4.69) is 4.90 Å². The van der Waals surface area contributed by atoms with Gasteiger partial charge in [-0.15, -0.1) is 0 Å². The standard InChI is InChI=1S/C17H24N2O2/c1-2-16(20)13-3-5-14(6-4-13)17(21)19-11-9-18(10-12-19)15-7-8-15/h3-6,15-16,20H,2,7-12H2,1H3. The van der Waals surface area contributed by atoms with E-state index < -0.39 is 6.10 Å². The molecule has 3 rings (SSSR count). The number of carbonyl (C=O) groups excluding carboxylic acids is 1. The van der Waals surface area contributed by atoms with Crippen molar-refractivity contribution in [2.24, 2.45) is 0 Å². The number of aliphatic hydroxyl groups excluding tert-OH is 1. The van der Waals surface area contributed by atoms with E-state index in [4.69, 9.17) is 0 Å². The average molecular weight is 288 g/mol. The van der Waals surface area contributed by atoms with Crippen LogP contribution in [0.2, 0.25) is 0 Å². The molecular formula is C17H24N2O2. The van der Waals surface area contributed by atoms with Crippen molar-refractivity contribution in [1.29, 1.82) is 0 Å². The van der Waals surface area contributed by atoms with Gasteiger partial charge in [0, 0.05) is 37.8 Å². The average Bonchev–Trinajstić information content (AvgIpc) is 3.39. The molecule has 1 amide bonds. The SMILES string of the molecule is CCC(O)c1ccc(C(=O)N2CCN(C3CC3)CC2)cc1. The minimum atomic E-state index is -0.434. The molecule has 0 aromatic heterocycles. The Morgan fingerprint density at radius 3 is 2.33 bits per heavy atom. The lowest BCUT2D eigenvalue weighted by atomic mass is 10.0. The molecule has 0 radical (unpaired) electrons. The van der Waals surface area contributed by atoms with Crippen molar-refractivity contribution in [3.63, 3.8) is 0 Å². The highest BCUT2D eigenvalue weighted by molar-refractivity contribution is 5.94. The van der Waals surface area contributed by atoms with Crippen LogP contribution in [0.25, 0.3) is 0 Å². The zero-order valence-electron chi connectivity index (χ0n) is 12.7. The zero-order valence-corrected chi connectivity index (χ0v) is 12.7. The molecule has 1 aliphatic carbocycles. The first-order chi connectivity index (χ1) is 10.2. The normalized spacial score (nSPS) is 21.3. The van der Waals surface area contributed by atoms with E-state index in [0.29, 0.717) is 6.42 Å². The maximum atomic E-state index is 12.5. The van der Waals surface area contributed by atoms with Crippen LogP contribution in [0.4, 0.5) is 0 Å². The molecule has 1 saturated heterocycles. The topological polar surface area (TPSA) is 43.8 Å². The summed E-state index contributed by atoms with van der Waals surface area (Å²) in [7, 11) is 0. The van der Waals surface area contributed by atoms with Crippen LogP contribution in [-0.4, -0.2) is 53.0 Å². The molecule has 1 aliphatic heterocycles. The third-order valence-electron chi connectivity index (χ3n) is 4.59. The lowest BCUT2D eigenvalue weighted by Gasteiger charge is -2.34. The molecule has 4 heteroatoms. The van der Waals surface area contributed by atoms with E-state index in [1.165, 1.54) is 12.8 Å². The van der Waals surface area contributed by atoms with Gasteiger partial charge in [0.25, 0.3) is 5.91 Å². The molecule has 114 valence electrons. The van der Waals surface area contributed by atoms with Gasteiger partial charge in [-0.1, -0.05) is 19.1 Å². The fraction of sp³-hybridized carbons (Fsp3) is 0.588. The molecule has 1 N–H and O–H groups in total. The Labute approximate surface area is 126 Å². The van der Waals surface area contributed by atoms with Crippen molar-refractivity contribution >= 4 is 5.91 Å². The van der Waals surface area contributed by atoms with Crippen LogP contribution in [0.1, 0.15) is 48.2 Å². The minimum absolute atomic E-state index is 0.114. The van der Waals surface area contributed by atoms with Crippen molar-refractivity contribution < 1.29 is 9.90 Å². The molecule has 0 spiro atoms. The summed E-state index contributed by atoms with van der Waals surface area (Å²) in [5.41, 5.74) is 1.61. The second-order valence-corrected chi connectivity index (χ2v) is 6.11. The maximum Gasteiger partial charge on any atom is 0.253 e. The van der Waals surface area contributed by atoms with Crippen molar-refractivity contribution in [3.05, 3.63) is 35.4 Å². The first-order valence-corrected chi connectivity index (χ1v) is 8.00. The fourth-order valence-electron chi connectivity index (χ4n) is 3.00. The van der Waals surface area contributed by atoms with Crippen LogP contribution < -0.4 is 0 Å². The third kappa shape index (κ3) is 3.27. The first kappa shape index (κ1) is 14.5. The number of hydrogen-bond acceptors (Lipinski definition) is 3. The van der Waals surface area contributed by atoms with E-state index in [0.717, 1.165) is 43.3 Å². The molecule has 1 aromatic rings. The van der Waals surface area contributed by atoms with Crippen LogP contribution in [0.5, 0.6) is 0 Å². The van der Waals surface area contributed by atoms with Crippen LogP contribution >= 0.6 is 0 Å². The third-order valence-corrected chi connectivity index (χ3v) is 4.59. The van der Waals surface area contributed by atoms with Gasteiger partial charge in [-0.2, -0.15) is 0 Å². The van der Waals surface area contributed by atoms with Gasteiger partial charge >= 0.3 is 0 Å². The summed E-state index contributed by atoms with van der Waals surface area (Å²) in [6.45, 7) is 5.61. The fourth-order valence-corrected chi connectivity index (χ4v) is 3.00. The van der Waals surface area contributed by atoms with Crippen LogP contribution in [0, 0.1) is 0 Å². The summed E-state index contributed by atoms with van der Waals surface area (Å²) in [6, 6.07) is 8.19. The number of amides is 1. The van der Waals surface area contributed by atoms with Gasteiger partial charge in [0.2, 0.25) is 0 Å². The number of aliphatic hydroxyl groups is 1. The van der Waals surface area contributed by atoms with Crippen LogP contribution in [0.3, 0.4) is 0 Å². The van der Waals surface area contributed by atoms with Crippen LogP contribution in [-0.2, 0) is 0 Å². The van der Waals surface area contributed by atoms with Gasteiger partial charge in [-0.3, -0.25) is 9.69 Å². The van der Waals surface area contributed by atoms with Gasteiger partial charge in [-0.25, -0.2) is 0 Å². The van der Waals surface area contributed by atoms with Crippen molar-refractivity contribution in [2.75, 3.05) is 26.2 Å². The number of hydrogen-bond donors (Lipinski definition) is 1. The summed E-state index contributed by atoms with van der Waals surface area (Å²) in [5, 5.41) is 9.79. The second-order valence-electron chi connectivity index (χ2n) is 6.11. The Morgan fingerprint density at radius 2 is 1.81 bits per heavy atom. The quantitative estimate of drug-likeness (QED) is 0.922. The summed E-state index contributed by atoms with van der Waals surface area (Å²) < 4.78 is 0. The molecule has 2 fully saturated rings. The summed E-state index contributed by atoms with van der Waals surface area (Å²) in [5.74, 6) is 0.114. The van der Waals surface area contributed by atoms with Crippen molar-refractivity contribution in [1.82, 2.24) is 9.80 Å².